The van der Waals surface area contributed by atoms with Crippen molar-refractivity contribution in [3.63, 3.8) is 0 Å². The van der Waals surface area contributed by atoms with Crippen molar-refractivity contribution >= 4 is 21.7 Å². The highest BCUT2D eigenvalue weighted by Gasteiger charge is 2.18. The van der Waals surface area contributed by atoms with E-state index < -0.39 is 22.5 Å². The summed E-state index contributed by atoms with van der Waals surface area (Å²) in [5.74, 6) is -1.10. The quantitative estimate of drug-likeness (QED) is 0.803. The smallest absolute Gasteiger partial charge is 0.325 e. The summed E-state index contributed by atoms with van der Waals surface area (Å²) >= 11 is 0. The van der Waals surface area contributed by atoms with Crippen LogP contribution in [-0.2, 0) is 21.4 Å². The van der Waals surface area contributed by atoms with Gasteiger partial charge in [0.05, 0.1) is 18.1 Å². The van der Waals surface area contributed by atoms with Gasteiger partial charge in [0.2, 0.25) is 0 Å². The zero-order valence-electron chi connectivity index (χ0n) is 11.5. The molecule has 114 valence electrons. The molecule has 2 aromatic rings. The summed E-state index contributed by atoms with van der Waals surface area (Å²) in [6.07, 6.45) is 5.23. The highest BCUT2D eigenvalue weighted by Crippen LogP contribution is 2.16. The monoisotopic (exact) mass is 313 g/mol. The molecule has 2 heterocycles. The number of hydrogen-bond donors (Lipinski definition) is 2. The van der Waals surface area contributed by atoms with E-state index in [2.05, 4.69) is 14.9 Å². The maximum atomic E-state index is 12.1. The third-order valence-electron chi connectivity index (χ3n) is 2.60. The number of hydrogen-bond acceptors (Lipinski definition) is 5. The molecule has 0 aliphatic heterocycles. The van der Waals surface area contributed by atoms with E-state index in [0.29, 0.717) is 5.69 Å². The number of anilines is 1. The lowest BCUT2D eigenvalue weighted by Gasteiger charge is -2.04. The molecule has 0 aliphatic carbocycles. The van der Waals surface area contributed by atoms with Gasteiger partial charge in [0.25, 0.3) is 10.0 Å². The van der Waals surface area contributed by atoms with Crippen LogP contribution in [0.25, 0.3) is 0 Å². The van der Waals surface area contributed by atoms with Crippen LogP contribution in [0.5, 0.6) is 0 Å². The number of aliphatic carboxylic acids is 1. The van der Waals surface area contributed by atoms with Gasteiger partial charge in [0, 0.05) is 18.4 Å². The molecule has 2 N–H and O–H groups in total. The van der Waals surface area contributed by atoms with E-state index in [-0.39, 0.29) is 10.9 Å². The van der Waals surface area contributed by atoms with Crippen molar-refractivity contribution in [2.75, 3.05) is 4.72 Å². The van der Waals surface area contributed by atoms with Gasteiger partial charge in [0.1, 0.15) is 11.4 Å². The zero-order valence-corrected chi connectivity index (χ0v) is 12.3. The average molecular weight is 313 g/mol. The van der Waals surface area contributed by atoms with Crippen LogP contribution in [0.3, 0.4) is 0 Å². The molecule has 0 radical (unpaired) electrons. The summed E-state index contributed by atoms with van der Waals surface area (Å²) in [7, 11) is -3.82. The maximum Gasteiger partial charge on any atom is 0.325 e. The first kappa shape index (κ1) is 15.0. The average Bonchev–Trinajstić information content (AvgIpc) is 2.97. The highest BCUT2D eigenvalue weighted by atomic mass is 32.2. The summed E-state index contributed by atoms with van der Waals surface area (Å²) in [5.41, 5.74) is 0.328. The standard InChI is InChI=1S/C11H15N5O4S/c1-8(2)16-5-9(3-13-16)14-21(19,20)10-4-12-15(6-10)7-11(17)18/h3-6,8,14H,7H2,1-2H3,(H,17,18). The Balaban J connectivity index is 2.17. The number of aromatic nitrogens is 4. The Labute approximate surface area is 121 Å². The first-order valence-corrected chi connectivity index (χ1v) is 7.57. The Morgan fingerprint density at radius 2 is 2.05 bits per heavy atom. The lowest BCUT2D eigenvalue weighted by Crippen LogP contribution is -2.12. The Bertz CT molecular complexity index is 746. The van der Waals surface area contributed by atoms with Crippen molar-refractivity contribution < 1.29 is 18.3 Å². The summed E-state index contributed by atoms with van der Waals surface area (Å²) in [6.45, 7) is 3.43. The van der Waals surface area contributed by atoms with Gasteiger partial charge < -0.3 is 5.11 Å². The molecular formula is C11H15N5O4S. The Morgan fingerprint density at radius 1 is 1.33 bits per heavy atom. The van der Waals surface area contributed by atoms with Crippen molar-refractivity contribution in [1.82, 2.24) is 19.6 Å². The maximum absolute atomic E-state index is 12.1. The van der Waals surface area contributed by atoms with E-state index in [1.807, 2.05) is 13.8 Å². The number of carbonyl (C=O) groups is 1. The molecule has 0 aliphatic rings. The first-order valence-electron chi connectivity index (χ1n) is 6.09. The Morgan fingerprint density at radius 3 is 2.62 bits per heavy atom. The lowest BCUT2D eigenvalue weighted by atomic mass is 10.4. The number of sulfonamides is 1. The Kier molecular flexibility index (Phi) is 3.98. The van der Waals surface area contributed by atoms with Gasteiger partial charge in [-0.25, -0.2) is 8.42 Å². The van der Waals surface area contributed by atoms with E-state index in [0.717, 1.165) is 17.1 Å². The van der Waals surface area contributed by atoms with E-state index in [4.69, 9.17) is 5.11 Å². The fourth-order valence-electron chi connectivity index (χ4n) is 1.60. The van der Waals surface area contributed by atoms with Crippen LogP contribution in [0.4, 0.5) is 5.69 Å². The third kappa shape index (κ3) is 3.60. The van der Waals surface area contributed by atoms with Gasteiger partial charge in [-0.05, 0) is 13.8 Å². The second-order valence-corrected chi connectivity index (χ2v) is 6.36. The van der Waals surface area contributed by atoms with Crippen LogP contribution in [-0.4, -0.2) is 39.1 Å². The van der Waals surface area contributed by atoms with Gasteiger partial charge in [-0.15, -0.1) is 0 Å². The second-order valence-electron chi connectivity index (χ2n) is 4.68. The summed E-state index contributed by atoms with van der Waals surface area (Å²) in [4.78, 5) is 10.4. The normalized spacial score (nSPS) is 11.8. The van der Waals surface area contributed by atoms with Crippen molar-refractivity contribution in [2.24, 2.45) is 0 Å². The van der Waals surface area contributed by atoms with Gasteiger partial charge >= 0.3 is 5.97 Å². The largest absolute Gasteiger partial charge is 0.480 e. The first-order chi connectivity index (χ1) is 9.78. The number of carboxylic acids is 1. The SMILES string of the molecule is CC(C)n1cc(NS(=O)(=O)c2cnn(CC(=O)O)c2)cn1. The Hall–Kier alpha value is -2.36. The molecule has 0 saturated heterocycles. The van der Waals surface area contributed by atoms with Gasteiger partial charge in [0.15, 0.2) is 0 Å². The predicted octanol–water partition coefficient (Wildman–Crippen LogP) is 0.546. The molecule has 2 rings (SSSR count). The summed E-state index contributed by atoms with van der Waals surface area (Å²) < 4.78 is 29.3. The predicted molar refractivity (Wildman–Crippen MR) is 73.3 cm³/mol. The van der Waals surface area contributed by atoms with Crippen molar-refractivity contribution in [2.45, 2.75) is 31.3 Å². The molecule has 0 unspecified atom stereocenters. The van der Waals surface area contributed by atoms with Gasteiger partial charge in [-0.1, -0.05) is 0 Å². The molecule has 0 fully saturated rings. The summed E-state index contributed by atoms with van der Waals surface area (Å²) in [5, 5.41) is 16.4. The molecule has 9 nitrogen and oxygen atoms in total. The van der Waals surface area contributed by atoms with Crippen LogP contribution < -0.4 is 4.72 Å². The molecule has 0 saturated carbocycles. The van der Waals surface area contributed by atoms with Crippen LogP contribution in [0.15, 0.2) is 29.7 Å². The number of carboxylic acid groups (broad SMARTS) is 1. The minimum Gasteiger partial charge on any atom is -0.480 e. The van der Waals surface area contributed by atoms with Gasteiger partial charge in [-0.2, -0.15) is 10.2 Å². The van der Waals surface area contributed by atoms with Crippen LogP contribution in [0.1, 0.15) is 19.9 Å². The fraction of sp³-hybridized carbons (Fsp3) is 0.364. The molecule has 0 amide bonds. The van der Waals surface area contributed by atoms with E-state index in [9.17, 15) is 13.2 Å². The van der Waals surface area contributed by atoms with E-state index in [1.165, 1.54) is 6.20 Å². The second kappa shape index (κ2) is 5.56. The van der Waals surface area contributed by atoms with Crippen molar-refractivity contribution in [3.05, 3.63) is 24.8 Å². The fourth-order valence-corrected chi connectivity index (χ4v) is 2.58. The molecule has 0 atom stereocenters. The number of nitrogens with zero attached hydrogens (tertiary/aromatic N) is 4. The number of nitrogens with one attached hydrogen (secondary N) is 1. The molecule has 2 aromatic heterocycles. The zero-order chi connectivity index (χ0) is 15.6. The molecular weight excluding hydrogens is 298 g/mol. The van der Waals surface area contributed by atoms with E-state index in [1.54, 1.807) is 10.9 Å². The lowest BCUT2D eigenvalue weighted by molar-refractivity contribution is -0.137. The van der Waals surface area contributed by atoms with Gasteiger partial charge in [-0.3, -0.25) is 18.9 Å². The third-order valence-corrected chi connectivity index (χ3v) is 3.94. The minimum atomic E-state index is -3.82. The van der Waals surface area contributed by atoms with Crippen molar-refractivity contribution in [3.8, 4) is 0 Å². The molecule has 21 heavy (non-hydrogen) atoms. The van der Waals surface area contributed by atoms with Crippen LogP contribution in [0.2, 0.25) is 0 Å². The van der Waals surface area contributed by atoms with Crippen molar-refractivity contribution in [1.29, 1.82) is 0 Å². The molecule has 0 aromatic carbocycles. The highest BCUT2D eigenvalue weighted by molar-refractivity contribution is 7.92. The summed E-state index contributed by atoms with van der Waals surface area (Å²) in [6, 6.07) is 0.113. The molecule has 0 bridgehead atoms. The van der Waals surface area contributed by atoms with Crippen LogP contribution in [0, 0.1) is 0 Å². The van der Waals surface area contributed by atoms with Crippen LogP contribution >= 0.6 is 0 Å². The topological polar surface area (TPSA) is 119 Å². The molecule has 10 heteroatoms. The number of rotatable bonds is 6. The minimum absolute atomic E-state index is 0.110. The van der Waals surface area contributed by atoms with E-state index >= 15 is 0 Å². The molecule has 0 spiro atoms.